The zero-order valence-electron chi connectivity index (χ0n) is 17.3. The molecule has 6 heteroatoms. The summed E-state index contributed by atoms with van der Waals surface area (Å²) in [5.41, 5.74) is 3.12. The van der Waals surface area contributed by atoms with Gasteiger partial charge < -0.3 is 4.74 Å². The van der Waals surface area contributed by atoms with E-state index in [0.29, 0.717) is 11.4 Å². The molecule has 2 heterocycles. The predicted octanol–water partition coefficient (Wildman–Crippen LogP) is 4.05. The maximum Gasteiger partial charge on any atom is 0.266 e. The topological polar surface area (TPSA) is 59.1 Å². The number of hydrogen-bond donors (Lipinski definition) is 0. The quantitative estimate of drug-likeness (QED) is 0.603. The first-order valence-corrected chi connectivity index (χ1v) is 10.2. The van der Waals surface area contributed by atoms with Gasteiger partial charge in [0, 0.05) is 5.56 Å². The van der Waals surface area contributed by atoms with E-state index in [9.17, 15) is 9.59 Å². The summed E-state index contributed by atoms with van der Waals surface area (Å²) < 4.78 is 5.59. The minimum Gasteiger partial charge on any atom is -0.496 e. The molecule has 2 saturated heterocycles. The van der Waals surface area contributed by atoms with Crippen molar-refractivity contribution in [3.05, 3.63) is 90.0 Å². The van der Waals surface area contributed by atoms with E-state index in [1.807, 2.05) is 79.7 Å². The van der Waals surface area contributed by atoms with Gasteiger partial charge in [-0.2, -0.15) is 0 Å². The van der Waals surface area contributed by atoms with Crippen LogP contribution in [0.15, 0.2) is 78.9 Å². The summed E-state index contributed by atoms with van der Waals surface area (Å²) in [7, 11) is 1.60. The van der Waals surface area contributed by atoms with E-state index in [1.165, 1.54) is 4.90 Å². The van der Waals surface area contributed by atoms with Crippen LogP contribution >= 0.6 is 0 Å². The van der Waals surface area contributed by atoms with E-state index in [4.69, 9.17) is 9.57 Å². The van der Waals surface area contributed by atoms with Crippen molar-refractivity contribution in [2.75, 3.05) is 17.1 Å². The van der Waals surface area contributed by atoms with Crippen molar-refractivity contribution in [2.45, 2.75) is 19.1 Å². The van der Waals surface area contributed by atoms with Gasteiger partial charge in [-0.05, 0) is 42.8 Å². The van der Waals surface area contributed by atoms with Crippen LogP contribution in [0.5, 0.6) is 5.75 Å². The Kier molecular flexibility index (Phi) is 4.71. The zero-order chi connectivity index (χ0) is 21.5. The number of ether oxygens (including phenoxy) is 1. The van der Waals surface area contributed by atoms with Gasteiger partial charge in [-0.1, -0.05) is 48.5 Å². The van der Waals surface area contributed by atoms with E-state index in [-0.39, 0.29) is 11.8 Å². The molecule has 0 unspecified atom stereocenters. The second-order valence-corrected chi connectivity index (χ2v) is 7.75. The first-order valence-electron chi connectivity index (χ1n) is 10.2. The van der Waals surface area contributed by atoms with E-state index in [2.05, 4.69) is 0 Å². The third kappa shape index (κ3) is 3.07. The molecule has 0 radical (unpaired) electrons. The number of nitrogens with zero attached hydrogens (tertiary/aromatic N) is 2. The van der Waals surface area contributed by atoms with Gasteiger partial charge in [0.05, 0.1) is 24.5 Å². The molecule has 0 N–H and O–H groups in total. The molecule has 3 atom stereocenters. The van der Waals surface area contributed by atoms with Crippen molar-refractivity contribution >= 4 is 23.2 Å². The molecule has 6 nitrogen and oxygen atoms in total. The second-order valence-electron chi connectivity index (χ2n) is 7.75. The van der Waals surface area contributed by atoms with Gasteiger partial charge in [0.2, 0.25) is 5.91 Å². The molecular formula is C25H22N2O4. The van der Waals surface area contributed by atoms with Crippen molar-refractivity contribution in [3.8, 4) is 5.75 Å². The summed E-state index contributed by atoms with van der Waals surface area (Å²) >= 11 is 0. The fourth-order valence-corrected chi connectivity index (χ4v) is 4.46. The highest BCUT2D eigenvalue weighted by atomic mass is 16.7. The number of methoxy groups -OCH3 is 1. The lowest BCUT2D eigenvalue weighted by Crippen LogP contribution is -2.37. The van der Waals surface area contributed by atoms with Gasteiger partial charge >= 0.3 is 0 Å². The number of imide groups is 1. The largest absolute Gasteiger partial charge is 0.496 e. The number of hydroxylamine groups is 1. The van der Waals surface area contributed by atoms with Crippen LogP contribution in [-0.2, 0) is 14.4 Å². The van der Waals surface area contributed by atoms with Crippen LogP contribution in [0, 0.1) is 12.8 Å². The minimum atomic E-state index is -0.900. The Morgan fingerprint density at radius 1 is 0.839 bits per heavy atom. The number of para-hydroxylation sites is 2. The van der Waals surface area contributed by atoms with Crippen molar-refractivity contribution in [3.63, 3.8) is 0 Å². The van der Waals surface area contributed by atoms with Crippen LogP contribution < -0.4 is 14.7 Å². The van der Waals surface area contributed by atoms with Crippen LogP contribution in [0.25, 0.3) is 0 Å². The summed E-state index contributed by atoms with van der Waals surface area (Å²) in [4.78, 5) is 34.4. The summed E-state index contributed by atoms with van der Waals surface area (Å²) in [6.07, 6.45) is -0.900. The van der Waals surface area contributed by atoms with Gasteiger partial charge in [-0.15, -0.1) is 0 Å². The van der Waals surface area contributed by atoms with Gasteiger partial charge in [-0.25, -0.2) is 9.96 Å². The fraction of sp³-hybridized carbons (Fsp3) is 0.200. The number of hydrogen-bond acceptors (Lipinski definition) is 5. The van der Waals surface area contributed by atoms with Crippen LogP contribution in [0.1, 0.15) is 17.2 Å². The molecule has 2 aliphatic rings. The van der Waals surface area contributed by atoms with E-state index < -0.39 is 18.1 Å². The third-order valence-corrected chi connectivity index (χ3v) is 5.84. The van der Waals surface area contributed by atoms with E-state index >= 15 is 0 Å². The summed E-state index contributed by atoms with van der Waals surface area (Å²) in [5, 5.41) is 1.68. The lowest BCUT2D eigenvalue weighted by molar-refractivity contribution is -0.126. The Bertz CT molecular complexity index is 1150. The van der Waals surface area contributed by atoms with E-state index in [1.54, 1.807) is 18.2 Å². The highest BCUT2D eigenvalue weighted by molar-refractivity contribution is 6.24. The molecular weight excluding hydrogens is 392 g/mol. The molecule has 156 valence electrons. The number of benzene rings is 3. The summed E-state index contributed by atoms with van der Waals surface area (Å²) in [6.45, 7) is 1.93. The average Bonchev–Trinajstić information content (AvgIpc) is 3.30. The smallest absolute Gasteiger partial charge is 0.266 e. The standard InChI is InChI=1S/C25H22N2O4/c1-16-9-8-12-18(15-16)26-24(28)21-22(19-13-6-7-14-20(19)30-2)27(31-23(21)25(26)29)17-10-4-3-5-11-17/h3-15,21-23H,1-2H3/t21-,22+,23-/m1/s1. The first-order chi connectivity index (χ1) is 15.1. The Hall–Kier alpha value is -3.64. The Morgan fingerprint density at radius 3 is 2.29 bits per heavy atom. The van der Waals surface area contributed by atoms with Crippen molar-refractivity contribution in [1.29, 1.82) is 0 Å². The molecule has 31 heavy (non-hydrogen) atoms. The van der Waals surface area contributed by atoms with Crippen molar-refractivity contribution in [1.82, 2.24) is 0 Å². The number of fused-ring (bicyclic) bond motifs is 1. The Labute approximate surface area is 180 Å². The molecule has 0 aliphatic carbocycles. The fourth-order valence-electron chi connectivity index (χ4n) is 4.46. The number of anilines is 2. The second kappa shape index (κ2) is 7.56. The molecule has 2 aliphatic heterocycles. The molecule has 2 fully saturated rings. The van der Waals surface area contributed by atoms with Crippen LogP contribution in [0.4, 0.5) is 11.4 Å². The van der Waals surface area contributed by atoms with Crippen LogP contribution in [0.3, 0.4) is 0 Å². The van der Waals surface area contributed by atoms with Gasteiger partial charge in [0.1, 0.15) is 11.7 Å². The monoisotopic (exact) mass is 414 g/mol. The molecule has 0 aromatic heterocycles. The molecule has 3 aromatic rings. The van der Waals surface area contributed by atoms with Gasteiger partial charge in [-0.3, -0.25) is 14.4 Å². The normalized spacial score (nSPS) is 22.7. The number of carbonyl (C=O) groups is 2. The maximum atomic E-state index is 13.6. The molecule has 2 amide bonds. The number of rotatable bonds is 4. The molecule has 0 bridgehead atoms. The average molecular weight is 414 g/mol. The number of amides is 2. The van der Waals surface area contributed by atoms with Crippen molar-refractivity contribution < 1.29 is 19.2 Å². The van der Waals surface area contributed by atoms with Gasteiger partial charge in [0.25, 0.3) is 5.91 Å². The third-order valence-electron chi connectivity index (χ3n) is 5.84. The maximum absolute atomic E-state index is 13.6. The highest BCUT2D eigenvalue weighted by Gasteiger charge is 2.60. The first kappa shape index (κ1) is 19.3. The van der Waals surface area contributed by atoms with Crippen LogP contribution in [-0.4, -0.2) is 25.0 Å². The SMILES string of the molecule is COc1ccccc1[C@H]1[C@H]2C(=O)N(c3cccc(C)c3)C(=O)[C@@H]2ON1c1ccccc1. The molecule has 5 rings (SSSR count). The lowest BCUT2D eigenvalue weighted by Gasteiger charge is -2.29. The Morgan fingerprint density at radius 2 is 1.55 bits per heavy atom. The van der Waals surface area contributed by atoms with Gasteiger partial charge in [0.15, 0.2) is 6.10 Å². The number of aryl methyl sites for hydroxylation is 1. The Balaban J connectivity index is 1.62. The predicted molar refractivity (Wildman–Crippen MR) is 117 cm³/mol. The number of carbonyl (C=O) groups excluding carboxylic acids is 2. The van der Waals surface area contributed by atoms with Crippen molar-refractivity contribution in [2.24, 2.45) is 5.92 Å². The van der Waals surface area contributed by atoms with E-state index in [0.717, 1.165) is 16.8 Å². The van der Waals surface area contributed by atoms with Crippen LogP contribution in [0.2, 0.25) is 0 Å². The highest BCUT2D eigenvalue weighted by Crippen LogP contribution is 2.49. The molecule has 3 aromatic carbocycles. The minimum absolute atomic E-state index is 0.269. The molecule has 0 spiro atoms. The molecule has 0 saturated carbocycles. The summed E-state index contributed by atoms with van der Waals surface area (Å²) in [5.74, 6) is -0.662. The summed E-state index contributed by atoms with van der Waals surface area (Å²) in [6, 6.07) is 23.9. The zero-order valence-corrected chi connectivity index (χ0v) is 17.3. The lowest BCUT2D eigenvalue weighted by atomic mass is 9.90.